The second-order valence-electron chi connectivity index (χ2n) is 4.77. The maximum atomic E-state index is 5.58. The molecule has 0 bridgehead atoms. The zero-order valence-corrected chi connectivity index (χ0v) is 12.0. The van der Waals surface area contributed by atoms with E-state index in [0.29, 0.717) is 6.54 Å². The van der Waals surface area contributed by atoms with Crippen LogP contribution in [0.4, 0.5) is 0 Å². The Balaban J connectivity index is 2.43. The summed E-state index contributed by atoms with van der Waals surface area (Å²) in [6.07, 6.45) is 4.68. The zero-order valence-electron chi connectivity index (χ0n) is 12.0. The van der Waals surface area contributed by atoms with Gasteiger partial charge in [0.15, 0.2) is 5.82 Å². The molecule has 4 nitrogen and oxygen atoms in total. The maximum Gasteiger partial charge on any atom is 0.156 e. The standard InChI is InChI=1S/C15H22N4/c1-4-13-9-14(5-2)19(18-13)15-11(3)8-12(6-7-16)10-17-15/h8-10H,4-7,16H2,1-3H3. The van der Waals surface area contributed by atoms with Crippen molar-refractivity contribution in [2.75, 3.05) is 6.54 Å². The third kappa shape index (κ3) is 2.84. The molecule has 0 atom stereocenters. The predicted octanol–water partition coefficient (Wildman–Crippen LogP) is 2.20. The minimum atomic E-state index is 0.655. The Morgan fingerprint density at radius 2 is 2.00 bits per heavy atom. The number of hydrogen-bond acceptors (Lipinski definition) is 3. The molecule has 19 heavy (non-hydrogen) atoms. The fraction of sp³-hybridized carbons (Fsp3) is 0.467. The molecule has 0 fully saturated rings. The highest BCUT2D eigenvalue weighted by atomic mass is 15.3. The van der Waals surface area contributed by atoms with Gasteiger partial charge in [-0.25, -0.2) is 9.67 Å². The van der Waals surface area contributed by atoms with Crippen molar-refractivity contribution in [3.05, 3.63) is 40.8 Å². The predicted molar refractivity (Wildman–Crippen MR) is 77.6 cm³/mol. The highest BCUT2D eigenvalue weighted by molar-refractivity contribution is 5.37. The van der Waals surface area contributed by atoms with E-state index in [2.05, 4.69) is 43.0 Å². The van der Waals surface area contributed by atoms with Crippen LogP contribution in [0, 0.1) is 6.92 Å². The molecule has 102 valence electrons. The van der Waals surface area contributed by atoms with E-state index in [1.54, 1.807) is 0 Å². The average molecular weight is 258 g/mol. The van der Waals surface area contributed by atoms with Crippen molar-refractivity contribution in [1.29, 1.82) is 0 Å². The second kappa shape index (κ2) is 5.97. The van der Waals surface area contributed by atoms with E-state index in [9.17, 15) is 0 Å². The van der Waals surface area contributed by atoms with E-state index in [1.165, 1.54) is 11.3 Å². The van der Waals surface area contributed by atoms with Gasteiger partial charge in [-0.15, -0.1) is 0 Å². The van der Waals surface area contributed by atoms with Crippen LogP contribution in [-0.4, -0.2) is 21.3 Å². The molecule has 2 aromatic heterocycles. The Hall–Kier alpha value is -1.68. The van der Waals surface area contributed by atoms with Gasteiger partial charge < -0.3 is 5.73 Å². The van der Waals surface area contributed by atoms with Gasteiger partial charge in [-0.2, -0.15) is 5.10 Å². The van der Waals surface area contributed by atoms with Gasteiger partial charge in [0, 0.05) is 11.9 Å². The second-order valence-corrected chi connectivity index (χ2v) is 4.77. The first-order valence-electron chi connectivity index (χ1n) is 6.93. The lowest BCUT2D eigenvalue weighted by atomic mass is 10.1. The van der Waals surface area contributed by atoms with Crippen LogP contribution >= 0.6 is 0 Å². The summed E-state index contributed by atoms with van der Waals surface area (Å²) >= 11 is 0. The van der Waals surface area contributed by atoms with Crippen molar-refractivity contribution in [3.8, 4) is 5.82 Å². The van der Waals surface area contributed by atoms with Gasteiger partial charge in [-0.1, -0.05) is 19.9 Å². The minimum absolute atomic E-state index is 0.655. The molecule has 0 amide bonds. The highest BCUT2D eigenvalue weighted by Gasteiger charge is 2.11. The van der Waals surface area contributed by atoms with Crippen molar-refractivity contribution < 1.29 is 0 Å². The Labute approximate surface area is 114 Å². The molecule has 2 aromatic rings. The van der Waals surface area contributed by atoms with Crippen molar-refractivity contribution in [2.45, 2.75) is 40.0 Å². The fourth-order valence-electron chi connectivity index (χ4n) is 2.23. The molecule has 0 aliphatic heterocycles. The molecule has 2 rings (SSSR count). The monoisotopic (exact) mass is 258 g/mol. The lowest BCUT2D eigenvalue weighted by molar-refractivity contribution is 0.764. The number of pyridine rings is 1. The molecule has 0 aromatic carbocycles. The Morgan fingerprint density at radius 3 is 2.58 bits per heavy atom. The molecular weight excluding hydrogens is 236 g/mol. The summed E-state index contributed by atoms with van der Waals surface area (Å²) in [7, 11) is 0. The largest absolute Gasteiger partial charge is 0.330 e. The van der Waals surface area contributed by atoms with Crippen molar-refractivity contribution in [3.63, 3.8) is 0 Å². The van der Waals surface area contributed by atoms with Gasteiger partial charge in [-0.3, -0.25) is 0 Å². The summed E-state index contributed by atoms with van der Waals surface area (Å²) in [6, 6.07) is 4.32. The first kappa shape index (κ1) is 13.7. The molecule has 0 spiro atoms. The molecule has 0 radical (unpaired) electrons. The minimum Gasteiger partial charge on any atom is -0.330 e. The average Bonchev–Trinajstić information content (AvgIpc) is 2.82. The first-order valence-corrected chi connectivity index (χ1v) is 6.93. The van der Waals surface area contributed by atoms with E-state index in [1.807, 2.05) is 10.9 Å². The maximum absolute atomic E-state index is 5.58. The normalized spacial score (nSPS) is 10.9. The summed E-state index contributed by atoms with van der Waals surface area (Å²) < 4.78 is 1.97. The molecule has 0 aliphatic carbocycles. The van der Waals surface area contributed by atoms with E-state index in [0.717, 1.165) is 36.3 Å². The molecule has 0 saturated heterocycles. The summed E-state index contributed by atoms with van der Waals surface area (Å²) in [6.45, 7) is 7.00. The van der Waals surface area contributed by atoms with Gasteiger partial charge in [0.1, 0.15) is 0 Å². The van der Waals surface area contributed by atoms with E-state index in [-0.39, 0.29) is 0 Å². The fourth-order valence-corrected chi connectivity index (χ4v) is 2.23. The number of hydrogen-bond donors (Lipinski definition) is 1. The smallest absolute Gasteiger partial charge is 0.156 e. The topological polar surface area (TPSA) is 56.7 Å². The molecule has 2 N–H and O–H groups in total. The summed E-state index contributed by atoms with van der Waals surface area (Å²) in [5.41, 5.74) is 10.2. The first-order chi connectivity index (χ1) is 9.19. The van der Waals surface area contributed by atoms with E-state index in [4.69, 9.17) is 5.73 Å². The quantitative estimate of drug-likeness (QED) is 0.894. The number of aromatic nitrogens is 3. The van der Waals surface area contributed by atoms with Crippen LogP contribution < -0.4 is 5.73 Å². The molecule has 4 heteroatoms. The summed E-state index contributed by atoms with van der Waals surface area (Å²) in [5.74, 6) is 0.928. The summed E-state index contributed by atoms with van der Waals surface area (Å²) in [4.78, 5) is 4.57. The molecule has 0 unspecified atom stereocenters. The molecular formula is C15H22N4. The van der Waals surface area contributed by atoms with Crippen LogP contribution in [0.2, 0.25) is 0 Å². The molecule has 2 heterocycles. The van der Waals surface area contributed by atoms with Crippen LogP contribution in [-0.2, 0) is 19.3 Å². The van der Waals surface area contributed by atoms with E-state index >= 15 is 0 Å². The van der Waals surface area contributed by atoms with Gasteiger partial charge in [0.25, 0.3) is 0 Å². The third-order valence-electron chi connectivity index (χ3n) is 3.30. The lowest BCUT2D eigenvalue weighted by Crippen LogP contribution is -2.08. The van der Waals surface area contributed by atoms with Crippen LogP contribution in [0.1, 0.15) is 36.4 Å². The van der Waals surface area contributed by atoms with E-state index < -0.39 is 0 Å². The van der Waals surface area contributed by atoms with Crippen molar-refractivity contribution >= 4 is 0 Å². The Bertz CT molecular complexity index is 557. The number of nitrogens with two attached hydrogens (primary N) is 1. The third-order valence-corrected chi connectivity index (χ3v) is 3.30. The highest BCUT2D eigenvalue weighted by Crippen LogP contribution is 2.17. The lowest BCUT2D eigenvalue weighted by Gasteiger charge is -2.09. The van der Waals surface area contributed by atoms with Crippen LogP contribution in [0.5, 0.6) is 0 Å². The van der Waals surface area contributed by atoms with Crippen LogP contribution in [0.3, 0.4) is 0 Å². The Morgan fingerprint density at radius 1 is 1.21 bits per heavy atom. The van der Waals surface area contributed by atoms with Gasteiger partial charge in [0.05, 0.1) is 5.69 Å². The van der Waals surface area contributed by atoms with Crippen LogP contribution in [0.25, 0.3) is 5.82 Å². The SMILES string of the molecule is CCc1cc(CC)n(-c2ncc(CCN)cc2C)n1. The number of nitrogens with zero attached hydrogens (tertiary/aromatic N) is 3. The van der Waals surface area contributed by atoms with Gasteiger partial charge in [-0.05, 0) is 49.9 Å². The van der Waals surface area contributed by atoms with Crippen molar-refractivity contribution in [2.24, 2.45) is 5.73 Å². The van der Waals surface area contributed by atoms with Crippen molar-refractivity contribution in [1.82, 2.24) is 14.8 Å². The summed E-state index contributed by atoms with van der Waals surface area (Å²) in [5, 5.41) is 4.64. The van der Waals surface area contributed by atoms with Gasteiger partial charge in [0.2, 0.25) is 0 Å². The Kier molecular flexibility index (Phi) is 4.32. The van der Waals surface area contributed by atoms with Gasteiger partial charge >= 0.3 is 0 Å². The zero-order chi connectivity index (χ0) is 13.8. The van der Waals surface area contributed by atoms with Crippen LogP contribution in [0.15, 0.2) is 18.3 Å². The molecule has 0 aliphatic rings. The molecule has 0 saturated carbocycles. The number of rotatable bonds is 5. The number of aryl methyl sites for hydroxylation is 3.